The first-order chi connectivity index (χ1) is 17.7. The second-order valence-corrected chi connectivity index (χ2v) is 10.5. The van der Waals surface area contributed by atoms with Crippen molar-refractivity contribution in [3.05, 3.63) is 102 Å². The van der Waals surface area contributed by atoms with Gasteiger partial charge in [0.15, 0.2) is 0 Å². The summed E-state index contributed by atoms with van der Waals surface area (Å²) in [4.78, 5) is 25.4. The van der Waals surface area contributed by atoms with E-state index in [1.807, 2.05) is 30.3 Å². The molecule has 0 saturated carbocycles. The highest BCUT2D eigenvalue weighted by Crippen LogP contribution is 2.36. The van der Waals surface area contributed by atoms with E-state index >= 15 is 0 Å². The van der Waals surface area contributed by atoms with Gasteiger partial charge in [0.1, 0.15) is 5.75 Å². The molecular formula is C28H33N3O5S. The van der Waals surface area contributed by atoms with Gasteiger partial charge in [-0.3, -0.25) is 9.59 Å². The molecule has 2 aromatic carbocycles. The lowest BCUT2D eigenvalue weighted by molar-refractivity contribution is -0.115. The van der Waals surface area contributed by atoms with E-state index < -0.39 is 21.5 Å². The zero-order valence-corrected chi connectivity index (χ0v) is 22.0. The molecule has 0 radical (unpaired) electrons. The molecule has 0 atom stereocenters. The van der Waals surface area contributed by atoms with Crippen LogP contribution < -0.4 is 14.8 Å². The van der Waals surface area contributed by atoms with Crippen molar-refractivity contribution in [1.29, 1.82) is 0 Å². The fourth-order valence-corrected chi connectivity index (χ4v) is 5.49. The lowest BCUT2D eigenvalue weighted by atomic mass is 9.73. The van der Waals surface area contributed by atoms with Gasteiger partial charge in [-0.25, -0.2) is 4.72 Å². The van der Waals surface area contributed by atoms with Crippen molar-refractivity contribution in [3.63, 3.8) is 0 Å². The molecule has 0 spiro atoms. The molecule has 1 aliphatic heterocycles. The van der Waals surface area contributed by atoms with Gasteiger partial charge in [0, 0.05) is 30.6 Å². The van der Waals surface area contributed by atoms with Gasteiger partial charge in [-0.2, -0.15) is 12.7 Å². The van der Waals surface area contributed by atoms with Crippen molar-refractivity contribution in [2.24, 2.45) is 0 Å². The molecule has 3 rings (SSSR count). The van der Waals surface area contributed by atoms with E-state index in [-0.39, 0.29) is 24.6 Å². The maximum absolute atomic E-state index is 13.0. The second-order valence-electron chi connectivity index (χ2n) is 8.83. The quantitative estimate of drug-likeness (QED) is 0.366. The van der Waals surface area contributed by atoms with Crippen LogP contribution in [0, 0.1) is 0 Å². The van der Waals surface area contributed by atoms with E-state index in [1.165, 1.54) is 17.5 Å². The predicted molar refractivity (Wildman–Crippen MR) is 144 cm³/mol. The number of piperidine rings is 1. The van der Waals surface area contributed by atoms with Gasteiger partial charge in [-0.15, -0.1) is 0 Å². The largest absolute Gasteiger partial charge is 0.496 e. The van der Waals surface area contributed by atoms with E-state index in [0.29, 0.717) is 30.7 Å². The van der Waals surface area contributed by atoms with Crippen molar-refractivity contribution >= 4 is 22.0 Å². The molecule has 0 bridgehead atoms. The number of nitrogens with one attached hydrogen (secondary N) is 2. The summed E-state index contributed by atoms with van der Waals surface area (Å²) in [6, 6.07) is 16.8. The normalized spacial score (nSPS) is 16.2. The summed E-state index contributed by atoms with van der Waals surface area (Å²) in [6.07, 6.45) is 7.27. The average molecular weight is 524 g/mol. The van der Waals surface area contributed by atoms with Gasteiger partial charge < -0.3 is 10.1 Å². The molecule has 196 valence electrons. The summed E-state index contributed by atoms with van der Waals surface area (Å²) in [7, 11) is -2.51. The molecule has 1 aliphatic rings. The smallest absolute Gasteiger partial charge is 0.304 e. The molecule has 0 unspecified atom stereocenters. The highest BCUT2D eigenvalue weighted by atomic mass is 32.2. The molecule has 1 heterocycles. The summed E-state index contributed by atoms with van der Waals surface area (Å²) in [5, 5.41) is 3.03. The zero-order chi connectivity index (χ0) is 26.9. The maximum atomic E-state index is 13.0. The van der Waals surface area contributed by atoms with Crippen molar-refractivity contribution in [1.82, 2.24) is 14.3 Å². The predicted octanol–water partition coefficient (Wildman–Crippen LogP) is 3.51. The zero-order valence-electron chi connectivity index (χ0n) is 21.1. The lowest BCUT2D eigenvalue weighted by Gasteiger charge is -2.41. The van der Waals surface area contributed by atoms with E-state index in [0.717, 1.165) is 5.56 Å². The first-order valence-electron chi connectivity index (χ1n) is 12.0. The van der Waals surface area contributed by atoms with E-state index in [1.54, 1.807) is 49.4 Å². The highest BCUT2D eigenvalue weighted by Gasteiger charge is 2.40. The fraction of sp³-hybridized carbons (Fsp3) is 0.286. The Balaban J connectivity index is 1.74. The van der Waals surface area contributed by atoms with Gasteiger partial charge in [0.2, 0.25) is 0 Å². The monoisotopic (exact) mass is 523 g/mol. The average Bonchev–Trinajstić information content (AvgIpc) is 2.92. The minimum atomic E-state index is -4.03. The Hall–Kier alpha value is -3.69. The molecule has 2 amide bonds. The molecule has 8 nitrogen and oxygen atoms in total. The maximum Gasteiger partial charge on any atom is 0.304 e. The van der Waals surface area contributed by atoms with Crippen LogP contribution in [-0.4, -0.2) is 51.3 Å². The molecular weight excluding hydrogens is 490 g/mol. The number of para-hydroxylation sites is 1. The van der Waals surface area contributed by atoms with Crippen LogP contribution in [0.5, 0.6) is 5.75 Å². The standard InChI is InChI=1S/C28H33N3O5S/c1-4-5-7-12-22(2)26(32)30-37(34,35)31-19-17-28(18-20-31,23-13-8-6-9-14-23)21-29-27(33)24-15-10-11-16-25(24)36-3/h4-16H,1,17-21H2,2-3H3,(H,29,33)(H,30,32)/b7-5-,22-12+. The Bertz CT molecular complexity index is 1280. The first-order valence-corrected chi connectivity index (χ1v) is 13.4. The fourth-order valence-electron chi connectivity index (χ4n) is 4.31. The van der Waals surface area contributed by atoms with Crippen LogP contribution in [0.4, 0.5) is 0 Å². The van der Waals surface area contributed by atoms with Crippen LogP contribution in [0.3, 0.4) is 0 Å². The Labute approximate surface area is 218 Å². The Kier molecular flexibility index (Phi) is 9.43. The number of carbonyl (C=O) groups excluding carboxylic acids is 2. The molecule has 0 aromatic heterocycles. The van der Waals surface area contributed by atoms with Crippen LogP contribution in [0.25, 0.3) is 0 Å². The third-order valence-electron chi connectivity index (χ3n) is 6.52. The SMILES string of the molecule is C=C/C=C\C=C(/C)C(=O)NS(=O)(=O)N1CCC(CNC(=O)c2ccccc2OC)(c2ccccc2)CC1. The molecule has 1 fully saturated rings. The minimum Gasteiger partial charge on any atom is -0.496 e. The molecule has 2 aromatic rings. The first kappa shape index (κ1) is 27.9. The number of methoxy groups -OCH3 is 1. The summed E-state index contributed by atoms with van der Waals surface area (Å²) in [5.41, 5.74) is 1.24. The van der Waals surface area contributed by atoms with E-state index in [4.69, 9.17) is 4.74 Å². The number of hydrogen-bond acceptors (Lipinski definition) is 5. The van der Waals surface area contributed by atoms with Gasteiger partial charge in [0.25, 0.3) is 11.8 Å². The Morgan fingerprint density at radius 2 is 1.70 bits per heavy atom. The van der Waals surface area contributed by atoms with Crippen molar-refractivity contribution in [3.8, 4) is 5.75 Å². The van der Waals surface area contributed by atoms with Gasteiger partial charge in [-0.05, 0) is 37.5 Å². The van der Waals surface area contributed by atoms with Crippen LogP contribution in [0.2, 0.25) is 0 Å². The number of carbonyl (C=O) groups is 2. The number of allylic oxidation sites excluding steroid dienone is 4. The Morgan fingerprint density at radius 3 is 2.35 bits per heavy atom. The van der Waals surface area contributed by atoms with E-state index in [2.05, 4.69) is 16.6 Å². The van der Waals surface area contributed by atoms with Crippen molar-refractivity contribution in [2.45, 2.75) is 25.2 Å². The van der Waals surface area contributed by atoms with Crippen LogP contribution in [0.1, 0.15) is 35.7 Å². The van der Waals surface area contributed by atoms with Crippen LogP contribution in [0.15, 0.2) is 91.1 Å². The van der Waals surface area contributed by atoms with E-state index in [9.17, 15) is 18.0 Å². The molecule has 2 N–H and O–H groups in total. The van der Waals surface area contributed by atoms with Crippen LogP contribution in [-0.2, 0) is 20.4 Å². The summed E-state index contributed by atoms with van der Waals surface area (Å²) < 4.78 is 34.6. The molecule has 1 saturated heterocycles. The number of benzene rings is 2. The third kappa shape index (κ3) is 6.96. The summed E-state index contributed by atoms with van der Waals surface area (Å²) in [5.74, 6) is -0.463. The number of amides is 2. The lowest BCUT2D eigenvalue weighted by Crippen LogP contribution is -2.53. The van der Waals surface area contributed by atoms with Crippen molar-refractivity contribution in [2.75, 3.05) is 26.7 Å². The Morgan fingerprint density at radius 1 is 1.05 bits per heavy atom. The number of ether oxygens (including phenoxy) is 1. The molecule has 9 heteroatoms. The van der Waals surface area contributed by atoms with Crippen LogP contribution >= 0.6 is 0 Å². The highest BCUT2D eigenvalue weighted by molar-refractivity contribution is 7.87. The second kappa shape index (κ2) is 12.5. The number of rotatable bonds is 10. The summed E-state index contributed by atoms with van der Waals surface area (Å²) in [6.45, 7) is 5.81. The third-order valence-corrected chi connectivity index (χ3v) is 8.01. The number of nitrogens with zero attached hydrogens (tertiary/aromatic N) is 1. The number of hydrogen-bond donors (Lipinski definition) is 2. The topological polar surface area (TPSA) is 105 Å². The van der Waals surface area contributed by atoms with Gasteiger partial charge in [-0.1, -0.05) is 73.3 Å². The molecule has 37 heavy (non-hydrogen) atoms. The van der Waals surface area contributed by atoms with Crippen molar-refractivity contribution < 1.29 is 22.7 Å². The van der Waals surface area contributed by atoms with Gasteiger partial charge >= 0.3 is 10.2 Å². The minimum absolute atomic E-state index is 0.196. The molecule has 0 aliphatic carbocycles. The van der Waals surface area contributed by atoms with Gasteiger partial charge in [0.05, 0.1) is 12.7 Å². The summed E-state index contributed by atoms with van der Waals surface area (Å²) >= 11 is 0.